The Labute approximate surface area is 209 Å². The summed E-state index contributed by atoms with van der Waals surface area (Å²) in [4.78, 5) is 23.4. The van der Waals surface area contributed by atoms with Crippen molar-refractivity contribution in [3.8, 4) is 0 Å². The number of hydrogen-bond donors (Lipinski definition) is 1. The Morgan fingerprint density at radius 3 is 2.09 bits per heavy atom. The lowest BCUT2D eigenvalue weighted by molar-refractivity contribution is -0.384. The molecule has 0 heterocycles. The van der Waals surface area contributed by atoms with Gasteiger partial charge in [0, 0.05) is 17.8 Å². The van der Waals surface area contributed by atoms with E-state index in [4.69, 9.17) is 11.6 Å². The highest BCUT2D eigenvalue weighted by molar-refractivity contribution is 6.34. The first kappa shape index (κ1) is 22.3. The van der Waals surface area contributed by atoms with E-state index >= 15 is 0 Å². The van der Waals surface area contributed by atoms with Crippen molar-refractivity contribution in [3.63, 3.8) is 0 Å². The Morgan fingerprint density at radius 1 is 0.886 bits per heavy atom. The van der Waals surface area contributed by atoms with Gasteiger partial charge in [0.2, 0.25) is 0 Å². The smallest absolute Gasteiger partial charge is 0.270 e. The highest BCUT2D eigenvalue weighted by Crippen LogP contribution is 2.66. The second-order valence-electron chi connectivity index (χ2n) is 10.8. The van der Waals surface area contributed by atoms with Crippen molar-refractivity contribution in [3.05, 3.63) is 105 Å². The zero-order valence-electron chi connectivity index (χ0n) is 19.4. The molecule has 4 saturated carbocycles. The molecule has 2 unspecified atom stereocenters. The lowest BCUT2D eigenvalue weighted by Crippen LogP contribution is -2.55. The number of rotatable bonds is 5. The fourth-order valence-corrected chi connectivity index (χ4v) is 7.84. The average molecular weight is 487 g/mol. The van der Waals surface area contributed by atoms with Crippen molar-refractivity contribution in [1.29, 1.82) is 0 Å². The summed E-state index contributed by atoms with van der Waals surface area (Å²) < 4.78 is 0. The Hall–Kier alpha value is -3.18. The molecule has 0 aromatic heterocycles. The van der Waals surface area contributed by atoms with Gasteiger partial charge in [-0.05, 0) is 90.5 Å². The maximum absolute atomic E-state index is 12.8. The maximum Gasteiger partial charge on any atom is 0.270 e. The van der Waals surface area contributed by atoms with Crippen molar-refractivity contribution in [1.82, 2.24) is 0 Å². The van der Waals surface area contributed by atoms with Crippen LogP contribution in [-0.4, -0.2) is 10.8 Å². The van der Waals surface area contributed by atoms with Crippen LogP contribution in [-0.2, 0) is 10.8 Å². The SMILES string of the molecule is O=C(Nc1ccc(C23CC4CC(CC(c5ccccc5)(C4)C2)C3)cc1)c1cc([N+](=O)[O-])ccc1Cl. The summed E-state index contributed by atoms with van der Waals surface area (Å²) in [6.07, 6.45) is 7.63. The van der Waals surface area contributed by atoms with Crippen LogP contribution in [0.1, 0.15) is 60.0 Å². The van der Waals surface area contributed by atoms with E-state index in [1.807, 2.05) is 12.1 Å². The molecule has 4 aliphatic rings. The summed E-state index contributed by atoms with van der Waals surface area (Å²) in [6, 6.07) is 23.2. The molecule has 0 aliphatic heterocycles. The molecule has 4 aliphatic carbocycles. The third-order valence-electron chi connectivity index (χ3n) is 8.61. The third kappa shape index (κ3) is 3.82. The van der Waals surface area contributed by atoms with Crippen LogP contribution in [0, 0.1) is 22.0 Å². The first-order valence-electron chi connectivity index (χ1n) is 12.3. The molecule has 2 atom stereocenters. The molecule has 0 spiro atoms. The molecule has 178 valence electrons. The van der Waals surface area contributed by atoms with Gasteiger partial charge in [0.05, 0.1) is 15.5 Å². The summed E-state index contributed by atoms with van der Waals surface area (Å²) in [5.41, 5.74) is 3.90. The molecule has 1 N–H and O–H groups in total. The highest BCUT2D eigenvalue weighted by atomic mass is 35.5. The van der Waals surface area contributed by atoms with Crippen LogP contribution >= 0.6 is 11.6 Å². The molecule has 4 bridgehead atoms. The zero-order valence-corrected chi connectivity index (χ0v) is 20.1. The second-order valence-corrected chi connectivity index (χ2v) is 11.2. The molecule has 7 rings (SSSR count). The largest absolute Gasteiger partial charge is 0.322 e. The Morgan fingerprint density at radius 2 is 1.49 bits per heavy atom. The number of benzene rings is 3. The third-order valence-corrected chi connectivity index (χ3v) is 8.94. The maximum atomic E-state index is 12.8. The predicted molar refractivity (Wildman–Crippen MR) is 137 cm³/mol. The number of carbonyl (C=O) groups is 1. The number of nitrogens with zero attached hydrogens (tertiary/aromatic N) is 1. The van der Waals surface area contributed by atoms with E-state index in [0.29, 0.717) is 5.69 Å². The number of nitrogens with one attached hydrogen (secondary N) is 1. The lowest BCUT2D eigenvalue weighted by atomic mass is 9.42. The van der Waals surface area contributed by atoms with Gasteiger partial charge in [0.25, 0.3) is 11.6 Å². The van der Waals surface area contributed by atoms with Crippen molar-refractivity contribution in [2.45, 2.75) is 49.4 Å². The highest BCUT2D eigenvalue weighted by Gasteiger charge is 2.58. The molecular formula is C29H27ClN2O3. The Kier molecular flexibility index (Phi) is 5.22. The molecule has 5 nitrogen and oxygen atoms in total. The van der Waals surface area contributed by atoms with Gasteiger partial charge in [-0.2, -0.15) is 0 Å². The van der Waals surface area contributed by atoms with E-state index in [1.165, 1.54) is 67.9 Å². The van der Waals surface area contributed by atoms with Crippen LogP contribution in [0.4, 0.5) is 11.4 Å². The van der Waals surface area contributed by atoms with E-state index < -0.39 is 10.8 Å². The Balaban J connectivity index is 1.25. The van der Waals surface area contributed by atoms with Gasteiger partial charge >= 0.3 is 0 Å². The number of anilines is 1. The zero-order chi connectivity index (χ0) is 24.2. The normalized spacial score (nSPS) is 28.6. The molecule has 4 fully saturated rings. The number of hydrogen-bond acceptors (Lipinski definition) is 3. The predicted octanol–water partition coefficient (Wildman–Crippen LogP) is 7.29. The fraction of sp³-hybridized carbons (Fsp3) is 0.345. The van der Waals surface area contributed by atoms with E-state index in [2.05, 4.69) is 47.8 Å². The number of amides is 1. The summed E-state index contributed by atoms with van der Waals surface area (Å²) in [7, 11) is 0. The number of nitro benzene ring substituents is 1. The summed E-state index contributed by atoms with van der Waals surface area (Å²) >= 11 is 6.14. The van der Waals surface area contributed by atoms with Gasteiger partial charge < -0.3 is 5.32 Å². The Bertz CT molecular complexity index is 1290. The van der Waals surface area contributed by atoms with Gasteiger partial charge in [-0.25, -0.2) is 0 Å². The van der Waals surface area contributed by atoms with Crippen molar-refractivity contribution >= 4 is 28.9 Å². The standard InChI is InChI=1S/C29H27ClN2O3/c30-26-11-10-24(32(34)35)13-25(26)27(33)31-23-8-6-22(7-9-23)29-16-19-12-20(17-29)15-28(14-19,18-29)21-4-2-1-3-5-21/h1-11,13,19-20H,12,14-18H2,(H,31,33). The number of carbonyl (C=O) groups excluding carboxylic acids is 1. The monoisotopic (exact) mass is 486 g/mol. The van der Waals surface area contributed by atoms with Crippen molar-refractivity contribution in [2.75, 3.05) is 5.32 Å². The number of nitro groups is 1. The minimum atomic E-state index is -0.532. The van der Waals surface area contributed by atoms with Crippen LogP contribution < -0.4 is 5.32 Å². The molecule has 0 radical (unpaired) electrons. The van der Waals surface area contributed by atoms with Crippen LogP contribution in [0.3, 0.4) is 0 Å². The number of non-ortho nitro benzene ring substituents is 1. The second kappa shape index (κ2) is 8.20. The van der Waals surface area contributed by atoms with E-state index in [9.17, 15) is 14.9 Å². The topological polar surface area (TPSA) is 72.2 Å². The molecule has 6 heteroatoms. The molecule has 3 aromatic carbocycles. The average Bonchev–Trinajstić information content (AvgIpc) is 2.84. The van der Waals surface area contributed by atoms with Crippen LogP contribution in [0.5, 0.6) is 0 Å². The fourth-order valence-electron chi connectivity index (χ4n) is 7.64. The first-order valence-corrected chi connectivity index (χ1v) is 12.7. The van der Waals surface area contributed by atoms with E-state index in [0.717, 1.165) is 11.8 Å². The van der Waals surface area contributed by atoms with Crippen LogP contribution in [0.15, 0.2) is 72.8 Å². The van der Waals surface area contributed by atoms with Crippen LogP contribution in [0.25, 0.3) is 0 Å². The minimum Gasteiger partial charge on any atom is -0.322 e. The molecule has 35 heavy (non-hydrogen) atoms. The molecule has 3 aromatic rings. The van der Waals surface area contributed by atoms with E-state index in [-0.39, 0.29) is 27.1 Å². The van der Waals surface area contributed by atoms with Crippen LogP contribution in [0.2, 0.25) is 5.02 Å². The quantitative estimate of drug-likeness (QED) is 0.304. The molecule has 1 amide bonds. The van der Waals surface area contributed by atoms with Gasteiger partial charge in [-0.3, -0.25) is 14.9 Å². The summed E-state index contributed by atoms with van der Waals surface area (Å²) in [5, 5.41) is 14.1. The van der Waals surface area contributed by atoms with Gasteiger partial charge in [-0.15, -0.1) is 0 Å². The summed E-state index contributed by atoms with van der Waals surface area (Å²) in [6.45, 7) is 0. The minimum absolute atomic E-state index is 0.0934. The summed E-state index contributed by atoms with van der Waals surface area (Å²) in [5.74, 6) is 1.09. The van der Waals surface area contributed by atoms with Crippen molar-refractivity contribution in [2.24, 2.45) is 11.8 Å². The molecular weight excluding hydrogens is 460 g/mol. The van der Waals surface area contributed by atoms with Crippen molar-refractivity contribution < 1.29 is 9.72 Å². The first-order chi connectivity index (χ1) is 16.9. The van der Waals surface area contributed by atoms with E-state index in [1.54, 1.807) is 0 Å². The van der Waals surface area contributed by atoms with Gasteiger partial charge in [0.15, 0.2) is 0 Å². The lowest BCUT2D eigenvalue weighted by Gasteiger charge is -2.62. The molecule has 0 saturated heterocycles. The van der Waals surface area contributed by atoms with Gasteiger partial charge in [-0.1, -0.05) is 54.1 Å². The number of halogens is 1. The van der Waals surface area contributed by atoms with Gasteiger partial charge in [0.1, 0.15) is 0 Å².